The number of fused-ring (bicyclic) bond motifs is 10. The number of allylic oxidation sites excluding steroid dienone is 2. The molecular weight excluding hydrogens is 1220 g/mol. The van der Waals surface area contributed by atoms with E-state index in [1.54, 1.807) is 134 Å². The molecule has 442 valence electrons. The number of hydrogen-bond donors (Lipinski definition) is 0. The van der Waals surface area contributed by atoms with Crippen LogP contribution < -0.4 is 0 Å². The van der Waals surface area contributed by atoms with Gasteiger partial charge in [-0.25, -0.2) is 0 Å². The van der Waals surface area contributed by atoms with Gasteiger partial charge in [0.2, 0.25) is 0 Å². The Morgan fingerprint density at radius 1 is 0.538 bits per heavy atom. The van der Waals surface area contributed by atoms with Crippen molar-refractivity contribution >= 4 is 50.2 Å². The molecule has 0 aliphatic heterocycles. The van der Waals surface area contributed by atoms with Crippen LogP contribution in [0.1, 0.15) is 212 Å². The summed E-state index contributed by atoms with van der Waals surface area (Å²) in [5.41, 5.74) is 4.26. The van der Waals surface area contributed by atoms with Gasteiger partial charge in [-0.15, -0.1) is 13.2 Å². The molecule has 11 fully saturated rings. The van der Waals surface area contributed by atoms with E-state index in [1.807, 2.05) is 0 Å². The summed E-state index contributed by atoms with van der Waals surface area (Å²) in [6.45, 7) is 19.8. The van der Waals surface area contributed by atoms with E-state index in [4.69, 9.17) is 34.1 Å². The maximum absolute atomic E-state index is 4.93. The molecule has 18 atom stereocenters. The maximum atomic E-state index is 4.93. The molecule has 18 unspecified atom stereocenters. The summed E-state index contributed by atoms with van der Waals surface area (Å²) in [6, 6.07) is 15.1. The standard InChI is InChI=1S/C35H54Si.C31H52Si.4CH3.4ClH.2Zr/c1-5-23-36(3,4)33-24-32(28-19-11-12-20-29(28)33)35(2,25-15-7-6-8-16-25)34-30-21-13-9-17-26(30)27-18-10-14-22-31(27)34;1-3-4-21-32(2,30-27-17-9-7-15-25(27)26-16-8-10-18-28(26)30)31-20-12-11-19-29(31)24-14-6-5-13-23(24)22-31;;;;;;;;;;/h5-8,15-16,26-34H,1,9-14,17-24H2,2-4H3;3,23-30H,1,4-22H2,2H3;4*1H3;4*1H;;/q;;4*-1;;;;;2*+4/p-4. The first-order valence-corrected chi connectivity index (χ1v) is 50.9. The van der Waals surface area contributed by atoms with Crippen LogP contribution in [0.25, 0.3) is 0 Å². The topological polar surface area (TPSA) is 0 Å². The Bertz CT molecular complexity index is 1870. The SMILES string of the molecule is C=CCC[Si](C)(C1C2CCCCC2C2CCCCC21)C12CCCCC1C1CCCCC1C2.C=CC[Si](C)(C)C1CC(C(C)(c2ccccc2)C2C3CCCCC3C3CCCCC32)C2CCCCC21.[CH3-].[CH3-].[CH3-].[CH3-].[Cl][Zr+2][Cl].[Cl][Zr+2][Cl]. The molecule has 0 radical (unpaired) electrons. The molecule has 0 N–H and O–H groups in total. The van der Waals surface area contributed by atoms with E-state index in [0.717, 1.165) is 99.3 Å². The molecule has 11 aliphatic rings. The first-order chi connectivity index (χ1) is 36.0. The summed E-state index contributed by atoms with van der Waals surface area (Å²) in [4.78, 5) is 0. The van der Waals surface area contributed by atoms with Gasteiger partial charge < -0.3 is 29.7 Å². The van der Waals surface area contributed by atoms with Crippen molar-refractivity contribution in [3.63, 3.8) is 0 Å². The van der Waals surface area contributed by atoms with Gasteiger partial charge in [0.05, 0.1) is 16.1 Å². The van der Waals surface area contributed by atoms with Crippen molar-refractivity contribution in [3.8, 4) is 0 Å². The molecule has 1 aromatic rings. The first kappa shape index (κ1) is 70.8. The van der Waals surface area contributed by atoms with E-state index in [9.17, 15) is 0 Å². The molecule has 1 aromatic carbocycles. The normalized spacial score (nSPS) is 40.2. The first-order valence-electron chi connectivity index (χ1n) is 32.2. The van der Waals surface area contributed by atoms with Crippen LogP contribution >= 0.6 is 34.1 Å². The van der Waals surface area contributed by atoms with Gasteiger partial charge in [-0.05, 0) is 205 Å². The van der Waals surface area contributed by atoms with E-state index in [2.05, 4.69) is 82.2 Å². The van der Waals surface area contributed by atoms with E-state index < -0.39 is 57.8 Å². The summed E-state index contributed by atoms with van der Waals surface area (Å²) in [5.74, 6) is 15.8. The number of rotatable bonds is 11. The zero-order chi connectivity index (χ0) is 52.1. The fourth-order valence-corrected chi connectivity index (χ4v) is 35.4. The van der Waals surface area contributed by atoms with Gasteiger partial charge in [0, 0.05) is 0 Å². The Balaban J connectivity index is 0.000000251. The van der Waals surface area contributed by atoms with Gasteiger partial charge in [-0.2, -0.15) is 0 Å². The Morgan fingerprint density at radius 3 is 1.46 bits per heavy atom. The minimum absolute atomic E-state index is 0. The fraction of sp³-hybridized carbons (Fsp3) is 0.800. The van der Waals surface area contributed by atoms with Crippen LogP contribution in [0.4, 0.5) is 0 Å². The van der Waals surface area contributed by atoms with Gasteiger partial charge in [0.15, 0.2) is 0 Å². The van der Waals surface area contributed by atoms with E-state index >= 15 is 0 Å². The van der Waals surface area contributed by atoms with Crippen molar-refractivity contribution in [2.45, 2.75) is 259 Å². The summed E-state index contributed by atoms with van der Waals surface area (Å²) in [7, 11) is 16.9. The van der Waals surface area contributed by atoms with Crippen molar-refractivity contribution < 1.29 is 41.7 Å². The zero-order valence-electron chi connectivity index (χ0n) is 51.6. The Hall–Kier alpha value is 2.06. The van der Waals surface area contributed by atoms with Gasteiger partial charge in [-0.1, -0.05) is 191 Å². The van der Waals surface area contributed by atoms with E-state index in [1.165, 1.54) is 88.6 Å². The minimum atomic E-state index is -1.46. The Kier molecular flexibility index (Phi) is 29.4. The molecule has 0 saturated heterocycles. The van der Waals surface area contributed by atoms with E-state index in [0.29, 0.717) is 5.41 Å². The zero-order valence-corrected chi connectivity index (χ0v) is 61.6. The molecule has 0 aromatic heterocycles. The summed E-state index contributed by atoms with van der Waals surface area (Å²) in [6.07, 6.45) is 52.7. The van der Waals surface area contributed by atoms with Crippen molar-refractivity contribution in [2.75, 3.05) is 0 Å². The summed E-state index contributed by atoms with van der Waals surface area (Å²) < 4.78 is 0. The van der Waals surface area contributed by atoms with Crippen LogP contribution in [0, 0.1) is 118 Å². The molecule has 0 heterocycles. The van der Waals surface area contributed by atoms with Crippen LogP contribution in [0.15, 0.2) is 55.6 Å². The fourth-order valence-electron chi connectivity index (χ4n) is 24.2. The van der Waals surface area contributed by atoms with Crippen LogP contribution in [0.5, 0.6) is 0 Å². The molecule has 11 aliphatic carbocycles. The number of benzene rings is 1. The van der Waals surface area contributed by atoms with Gasteiger partial charge >= 0.3 is 75.7 Å². The quantitative estimate of drug-likeness (QED) is 0.118. The molecular formula is C70H118Cl4Si2Zr2. The molecule has 0 bridgehead atoms. The monoisotopic (exact) mass is 1330 g/mol. The second-order valence-electron chi connectivity index (χ2n) is 29.0. The molecule has 0 amide bonds. The van der Waals surface area contributed by atoms with Crippen LogP contribution in [-0.4, -0.2) is 16.1 Å². The predicted molar refractivity (Wildman–Crippen MR) is 348 cm³/mol. The average Bonchev–Trinajstić information content (AvgIpc) is 4.28. The Morgan fingerprint density at radius 2 is 0.962 bits per heavy atom. The molecule has 0 nitrogen and oxygen atoms in total. The van der Waals surface area contributed by atoms with Gasteiger partial charge in [0.25, 0.3) is 0 Å². The molecule has 78 heavy (non-hydrogen) atoms. The molecule has 11 saturated carbocycles. The third-order valence-electron chi connectivity index (χ3n) is 26.3. The average molecular weight is 1340 g/mol. The van der Waals surface area contributed by atoms with Gasteiger partial charge in [0.1, 0.15) is 0 Å². The number of hydrogen-bond acceptors (Lipinski definition) is 0. The van der Waals surface area contributed by atoms with E-state index in [-0.39, 0.29) is 29.7 Å². The Labute approximate surface area is 525 Å². The molecule has 0 spiro atoms. The van der Waals surface area contributed by atoms with Crippen LogP contribution in [0.2, 0.25) is 47.8 Å². The second-order valence-corrected chi connectivity index (χ2v) is 46.6. The third kappa shape index (κ3) is 13.8. The molecule has 12 rings (SSSR count). The van der Waals surface area contributed by atoms with Gasteiger partial charge in [-0.3, -0.25) is 0 Å². The van der Waals surface area contributed by atoms with Crippen LogP contribution in [0.3, 0.4) is 0 Å². The summed E-state index contributed by atoms with van der Waals surface area (Å²) >= 11 is -1.65. The second kappa shape index (κ2) is 32.3. The van der Waals surface area contributed by atoms with Crippen molar-refractivity contribution in [3.05, 3.63) is 90.9 Å². The predicted octanol–water partition coefficient (Wildman–Crippen LogP) is 24.6. The number of halogens is 4. The van der Waals surface area contributed by atoms with Crippen LogP contribution in [-0.2, 0) is 47.1 Å². The van der Waals surface area contributed by atoms with Crippen molar-refractivity contribution in [2.24, 2.45) is 88.8 Å². The third-order valence-corrected chi connectivity index (χ3v) is 37.1. The van der Waals surface area contributed by atoms with Crippen molar-refractivity contribution in [1.29, 1.82) is 0 Å². The van der Waals surface area contributed by atoms with Crippen molar-refractivity contribution in [1.82, 2.24) is 0 Å². The molecule has 8 heteroatoms. The summed E-state index contributed by atoms with van der Waals surface area (Å²) in [5, 5.41) is 0.812.